The maximum absolute atomic E-state index is 11.7. The minimum Gasteiger partial charge on any atom is -0.310 e. The fourth-order valence-electron chi connectivity index (χ4n) is 2.51. The van der Waals surface area contributed by atoms with Gasteiger partial charge in [0.2, 0.25) is 0 Å². The number of rotatable bonds is 5. The van der Waals surface area contributed by atoms with Crippen LogP contribution in [0.4, 0.5) is 0 Å². The van der Waals surface area contributed by atoms with Gasteiger partial charge in [-0.2, -0.15) is 15.0 Å². The summed E-state index contributed by atoms with van der Waals surface area (Å²) in [5, 5.41) is 11.5. The van der Waals surface area contributed by atoms with Crippen molar-refractivity contribution in [3.05, 3.63) is 42.2 Å². The van der Waals surface area contributed by atoms with Gasteiger partial charge >= 0.3 is 0 Å². The van der Waals surface area contributed by atoms with Crippen LogP contribution in [-0.2, 0) is 16.4 Å². The van der Waals surface area contributed by atoms with Gasteiger partial charge in [0.15, 0.2) is 9.84 Å². The Morgan fingerprint density at radius 1 is 1.29 bits per heavy atom. The number of sulfone groups is 1. The zero-order chi connectivity index (χ0) is 14.7. The zero-order valence-electron chi connectivity index (χ0n) is 11.6. The van der Waals surface area contributed by atoms with Crippen LogP contribution in [0.3, 0.4) is 0 Å². The highest BCUT2D eigenvalue weighted by Gasteiger charge is 2.30. The Balaban J connectivity index is 1.56. The lowest BCUT2D eigenvalue weighted by molar-refractivity contribution is 0.571. The van der Waals surface area contributed by atoms with Crippen molar-refractivity contribution in [1.29, 1.82) is 0 Å². The summed E-state index contributed by atoms with van der Waals surface area (Å²) < 4.78 is 23.4. The SMILES string of the molecule is O=S1(=O)CCC[C@H]1CNCc1cnn(-c2ccccc2)n1. The van der Waals surface area contributed by atoms with E-state index in [0.717, 1.165) is 24.2 Å². The van der Waals surface area contributed by atoms with Gasteiger partial charge in [-0.3, -0.25) is 0 Å². The van der Waals surface area contributed by atoms with Crippen molar-refractivity contribution in [2.24, 2.45) is 0 Å². The maximum Gasteiger partial charge on any atom is 0.154 e. The van der Waals surface area contributed by atoms with Gasteiger partial charge in [0.25, 0.3) is 0 Å². The highest BCUT2D eigenvalue weighted by atomic mass is 32.2. The van der Waals surface area contributed by atoms with Crippen molar-refractivity contribution in [2.45, 2.75) is 24.6 Å². The molecule has 1 aromatic carbocycles. The van der Waals surface area contributed by atoms with E-state index in [1.807, 2.05) is 30.3 Å². The molecule has 2 heterocycles. The lowest BCUT2D eigenvalue weighted by atomic mass is 10.2. The Labute approximate surface area is 124 Å². The Morgan fingerprint density at radius 2 is 2.10 bits per heavy atom. The van der Waals surface area contributed by atoms with Crippen LogP contribution in [0, 0.1) is 0 Å². The third kappa shape index (κ3) is 3.30. The molecule has 21 heavy (non-hydrogen) atoms. The second-order valence-electron chi connectivity index (χ2n) is 5.22. The molecule has 0 amide bonds. The predicted molar refractivity (Wildman–Crippen MR) is 79.9 cm³/mol. The standard InChI is InChI=1S/C14H18N4O2S/c19-21(20)8-4-7-14(21)11-15-9-12-10-16-18(17-12)13-5-2-1-3-6-13/h1-3,5-6,10,14-15H,4,7-9,11H2/t14-/m0/s1. The van der Waals surface area contributed by atoms with Crippen LogP contribution in [0.5, 0.6) is 0 Å². The number of hydrogen-bond donors (Lipinski definition) is 1. The normalized spacial score (nSPS) is 20.7. The number of aromatic nitrogens is 3. The predicted octanol–water partition coefficient (Wildman–Crippen LogP) is 0.934. The highest BCUT2D eigenvalue weighted by molar-refractivity contribution is 7.92. The highest BCUT2D eigenvalue weighted by Crippen LogP contribution is 2.19. The molecule has 0 unspecified atom stereocenters. The Morgan fingerprint density at radius 3 is 2.81 bits per heavy atom. The summed E-state index contributed by atoms with van der Waals surface area (Å²) in [6.45, 7) is 1.01. The van der Waals surface area contributed by atoms with E-state index in [9.17, 15) is 8.42 Å². The van der Waals surface area contributed by atoms with E-state index in [1.54, 1.807) is 11.0 Å². The average Bonchev–Trinajstić information content (AvgIpc) is 3.07. The average molecular weight is 306 g/mol. The first-order chi connectivity index (χ1) is 10.1. The van der Waals surface area contributed by atoms with Gasteiger partial charge in [0.05, 0.1) is 28.6 Å². The van der Waals surface area contributed by atoms with Gasteiger partial charge in [-0.05, 0) is 25.0 Å². The van der Waals surface area contributed by atoms with Crippen LogP contribution >= 0.6 is 0 Å². The fraction of sp³-hybridized carbons (Fsp3) is 0.429. The van der Waals surface area contributed by atoms with Crippen LogP contribution in [-0.4, -0.2) is 41.0 Å². The monoisotopic (exact) mass is 306 g/mol. The number of nitrogens with zero attached hydrogens (tertiary/aromatic N) is 3. The number of benzene rings is 1. The van der Waals surface area contributed by atoms with Crippen molar-refractivity contribution >= 4 is 9.84 Å². The van der Waals surface area contributed by atoms with Crippen LogP contribution in [0.15, 0.2) is 36.5 Å². The molecule has 0 bridgehead atoms. The second kappa shape index (κ2) is 5.95. The third-order valence-corrected chi connectivity index (χ3v) is 5.94. The third-order valence-electron chi connectivity index (χ3n) is 3.67. The molecule has 1 N–H and O–H groups in total. The molecule has 0 spiro atoms. The number of hydrogen-bond acceptors (Lipinski definition) is 5. The molecule has 0 saturated carbocycles. The minimum absolute atomic E-state index is 0.248. The first kappa shape index (κ1) is 14.2. The molecule has 0 aliphatic carbocycles. The van der Waals surface area contributed by atoms with Gasteiger partial charge in [0.1, 0.15) is 0 Å². The van der Waals surface area contributed by atoms with E-state index < -0.39 is 9.84 Å². The molecule has 6 nitrogen and oxygen atoms in total. The molecule has 1 aliphatic heterocycles. The van der Waals surface area contributed by atoms with E-state index >= 15 is 0 Å². The van der Waals surface area contributed by atoms with E-state index in [2.05, 4.69) is 15.5 Å². The van der Waals surface area contributed by atoms with Crippen molar-refractivity contribution in [2.75, 3.05) is 12.3 Å². The van der Waals surface area contributed by atoms with Gasteiger partial charge < -0.3 is 5.32 Å². The zero-order valence-corrected chi connectivity index (χ0v) is 12.5. The Bertz CT molecular complexity index is 697. The summed E-state index contributed by atoms with van der Waals surface area (Å²) in [6.07, 6.45) is 3.23. The summed E-state index contributed by atoms with van der Waals surface area (Å²) in [5.41, 5.74) is 1.70. The molecule has 1 saturated heterocycles. The van der Waals surface area contributed by atoms with Gasteiger partial charge in [-0.1, -0.05) is 18.2 Å². The van der Waals surface area contributed by atoms with Crippen molar-refractivity contribution in [1.82, 2.24) is 20.3 Å². The Hall–Kier alpha value is -1.73. The molecule has 1 aromatic heterocycles. The first-order valence-corrected chi connectivity index (χ1v) is 8.76. The molecule has 2 aromatic rings. The molecule has 1 atom stereocenters. The second-order valence-corrected chi connectivity index (χ2v) is 7.62. The van der Waals surface area contributed by atoms with Crippen molar-refractivity contribution in [3.8, 4) is 5.69 Å². The van der Waals surface area contributed by atoms with Crippen molar-refractivity contribution in [3.63, 3.8) is 0 Å². The van der Waals surface area contributed by atoms with Crippen LogP contribution in [0.25, 0.3) is 5.69 Å². The summed E-state index contributed by atoms with van der Waals surface area (Å²) in [4.78, 5) is 1.57. The molecule has 0 radical (unpaired) electrons. The molecule has 1 fully saturated rings. The van der Waals surface area contributed by atoms with E-state index in [-0.39, 0.29) is 5.25 Å². The smallest absolute Gasteiger partial charge is 0.154 e. The van der Waals surface area contributed by atoms with Gasteiger partial charge in [-0.15, -0.1) is 0 Å². The molecule has 112 valence electrons. The quantitative estimate of drug-likeness (QED) is 0.889. The van der Waals surface area contributed by atoms with Crippen LogP contribution in [0.1, 0.15) is 18.5 Å². The minimum atomic E-state index is -2.88. The van der Waals surface area contributed by atoms with Crippen LogP contribution in [0.2, 0.25) is 0 Å². The summed E-state index contributed by atoms with van der Waals surface area (Å²) in [5.74, 6) is 0.323. The number of para-hydroxylation sites is 1. The molecule has 1 aliphatic rings. The largest absolute Gasteiger partial charge is 0.310 e. The molecular formula is C14H18N4O2S. The lowest BCUT2D eigenvalue weighted by Crippen LogP contribution is -2.30. The van der Waals surface area contributed by atoms with Gasteiger partial charge in [0, 0.05) is 13.1 Å². The maximum atomic E-state index is 11.7. The number of nitrogens with one attached hydrogen (secondary N) is 1. The van der Waals surface area contributed by atoms with E-state index in [4.69, 9.17) is 0 Å². The van der Waals surface area contributed by atoms with E-state index in [0.29, 0.717) is 18.8 Å². The lowest BCUT2D eigenvalue weighted by Gasteiger charge is -2.09. The topological polar surface area (TPSA) is 76.9 Å². The molecular weight excluding hydrogens is 288 g/mol. The van der Waals surface area contributed by atoms with Crippen molar-refractivity contribution < 1.29 is 8.42 Å². The summed E-state index contributed by atoms with van der Waals surface area (Å²) in [6, 6.07) is 9.67. The fourth-order valence-corrected chi connectivity index (χ4v) is 4.31. The first-order valence-electron chi connectivity index (χ1n) is 7.04. The summed E-state index contributed by atoms with van der Waals surface area (Å²) >= 11 is 0. The molecule has 7 heteroatoms. The van der Waals surface area contributed by atoms with Crippen LogP contribution < -0.4 is 5.32 Å². The Kier molecular flexibility index (Phi) is 4.03. The van der Waals surface area contributed by atoms with E-state index in [1.165, 1.54) is 0 Å². The molecule has 3 rings (SSSR count). The van der Waals surface area contributed by atoms with Gasteiger partial charge in [-0.25, -0.2) is 8.42 Å². The summed E-state index contributed by atoms with van der Waals surface area (Å²) in [7, 11) is -2.88.